The van der Waals surface area contributed by atoms with Gasteiger partial charge in [0.25, 0.3) is 0 Å². The standard InChI is InChI=1S/C10H17N.C2H6/c1-4-7-10(2,3)11-8-5-6-9-11;1-2/h5-6,8-9H,4,7H2,1-3H3;1-2H3. The zero-order valence-corrected chi connectivity index (χ0v) is 9.67. The van der Waals surface area contributed by atoms with Gasteiger partial charge in [-0.3, -0.25) is 0 Å². The van der Waals surface area contributed by atoms with Crippen LogP contribution < -0.4 is 0 Å². The SMILES string of the molecule is CC.CCCC(C)(C)n1cccc1. The Balaban J connectivity index is 0.000000671. The Kier molecular flexibility index (Phi) is 5.52. The molecular formula is C12H23N. The molecule has 0 saturated carbocycles. The van der Waals surface area contributed by atoms with Crippen molar-refractivity contribution in [3.63, 3.8) is 0 Å². The lowest BCUT2D eigenvalue weighted by Gasteiger charge is -2.26. The fourth-order valence-electron chi connectivity index (χ4n) is 1.48. The van der Waals surface area contributed by atoms with Crippen molar-refractivity contribution in [1.82, 2.24) is 4.57 Å². The first-order chi connectivity index (χ1) is 6.17. The summed E-state index contributed by atoms with van der Waals surface area (Å²) in [6, 6.07) is 4.16. The van der Waals surface area contributed by atoms with E-state index in [2.05, 4.69) is 49.9 Å². The fourth-order valence-corrected chi connectivity index (χ4v) is 1.48. The predicted octanol–water partition coefficient (Wildman–Crippen LogP) is 4.05. The first kappa shape index (κ1) is 12.3. The van der Waals surface area contributed by atoms with Crippen LogP contribution in [0.5, 0.6) is 0 Å². The normalized spacial score (nSPS) is 10.5. The largest absolute Gasteiger partial charge is 0.349 e. The Morgan fingerprint density at radius 3 is 1.92 bits per heavy atom. The van der Waals surface area contributed by atoms with Gasteiger partial charge >= 0.3 is 0 Å². The van der Waals surface area contributed by atoms with Gasteiger partial charge in [0.1, 0.15) is 0 Å². The fraction of sp³-hybridized carbons (Fsp3) is 0.667. The van der Waals surface area contributed by atoms with Crippen molar-refractivity contribution in [1.29, 1.82) is 0 Å². The predicted molar refractivity (Wildman–Crippen MR) is 60.0 cm³/mol. The van der Waals surface area contributed by atoms with Crippen LogP contribution in [0.15, 0.2) is 24.5 Å². The van der Waals surface area contributed by atoms with Gasteiger partial charge in [-0.25, -0.2) is 0 Å². The molecule has 76 valence electrons. The molecule has 1 heteroatoms. The molecule has 1 nitrogen and oxygen atoms in total. The number of aromatic nitrogens is 1. The summed E-state index contributed by atoms with van der Waals surface area (Å²) in [5.41, 5.74) is 0.290. The third-order valence-corrected chi connectivity index (χ3v) is 2.17. The van der Waals surface area contributed by atoms with Crippen molar-refractivity contribution < 1.29 is 0 Å². The second kappa shape index (κ2) is 5.85. The molecule has 0 radical (unpaired) electrons. The Labute approximate surface area is 82.8 Å². The Morgan fingerprint density at radius 1 is 1.08 bits per heavy atom. The molecule has 1 aromatic rings. The van der Waals surface area contributed by atoms with Crippen molar-refractivity contribution in [3.8, 4) is 0 Å². The molecule has 0 aromatic carbocycles. The molecule has 13 heavy (non-hydrogen) atoms. The van der Waals surface area contributed by atoms with Gasteiger partial charge < -0.3 is 4.57 Å². The summed E-state index contributed by atoms with van der Waals surface area (Å²) in [4.78, 5) is 0. The third kappa shape index (κ3) is 3.67. The quantitative estimate of drug-likeness (QED) is 0.663. The van der Waals surface area contributed by atoms with Crippen LogP contribution >= 0.6 is 0 Å². The minimum atomic E-state index is 0.290. The molecule has 0 N–H and O–H groups in total. The maximum atomic E-state index is 2.27. The molecule has 1 aromatic heterocycles. The second-order valence-electron chi connectivity index (χ2n) is 3.65. The van der Waals surface area contributed by atoms with E-state index in [4.69, 9.17) is 0 Å². The molecular weight excluding hydrogens is 158 g/mol. The molecule has 0 atom stereocenters. The van der Waals surface area contributed by atoms with E-state index >= 15 is 0 Å². The van der Waals surface area contributed by atoms with Crippen LogP contribution in [0.1, 0.15) is 47.5 Å². The highest BCUT2D eigenvalue weighted by Gasteiger charge is 2.16. The maximum absolute atomic E-state index is 2.27. The van der Waals surface area contributed by atoms with Gasteiger partial charge in [0.2, 0.25) is 0 Å². The van der Waals surface area contributed by atoms with Crippen molar-refractivity contribution >= 4 is 0 Å². The van der Waals surface area contributed by atoms with Crippen LogP contribution in [0.4, 0.5) is 0 Å². The van der Waals surface area contributed by atoms with E-state index < -0.39 is 0 Å². The molecule has 1 heterocycles. The topological polar surface area (TPSA) is 4.93 Å². The van der Waals surface area contributed by atoms with Crippen LogP contribution in [0.25, 0.3) is 0 Å². The van der Waals surface area contributed by atoms with E-state index in [0.717, 1.165) is 0 Å². The lowest BCUT2D eigenvalue weighted by atomic mass is 9.99. The highest BCUT2D eigenvalue weighted by Crippen LogP contribution is 2.20. The van der Waals surface area contributed by atoms with Gasteiger partial charge in [0.05, 0.1) is 0 Å². The Bertz CT molecular complexity index is 197. The van der Waals surface area contributed by atoms with E-state index in [0.29, 0.717) is 0 Å². The summed E-state index contributed by atoms with van der Waals surface area (Å²) in [5, 5.41) is 0. The number of nitrogens with zero attached hydrogens (tertiary/aromatic N) is 1. The molecule has 0 amide bonds. The highest BCUT2D eigenvalue weighted by atomic mass is 15.0. The summed E-state index contributed by atoms with van der Waals surface area (Å²) in [6.07, 6.45) is 6.75. The molecule has 0 fully saturated rings. The average Bonchev–Trinajstić information content (AvgIpc) is 2.60. The molecule has 0 bridgehead atoms. The van der Waals surface area contributed by atoms with Crippen molar-refractivity contribution in [3.05, 3.63) is 24.5 Å². The van der Waals surface area contributed by atoms with Crippen LogP contribution in [-0.2, 0) is 5.54 Å². The van der Waals surface area contributed by atoms with Crippen LogP contribution in [0.3, 0.4) is 0 Å². The van der Waals surface area contributed by atoms with E-state index in [1.54, 1.807) is 0 Å². The van der Waals surface area contributed by atoms with Gasteiger partial charge in [-0.2, -0.15) is 0 Å². The summed E-state index contributed by atoms with van der Waals surface area (Å²) >= 11 is 0. The molecule has 1 rings (SSSR count). The van der Waals surface area contributed by atoms with E-state index in [1.807, 2.05) is 13.8 Å². The molecule has 0 aliphatic heterocycles. The Hall–Kier alpha value is -0.720. The summed E-state index contributed by atoms with van der Waals surface area (Å²) in [5.74, 6) is 0. The molecule has 0 spiro atoms. The van der Waals surface area contributed by atoms with E-state index in [-0.39, 0.29) is 5.54 Å². The average molecular weight is 181 g/mol. The smallest absolute Gasteiger partial charge is 0.0383 e. The van der Waals surface area contributed by atoms with Crippen molar-refractivity contribution in [2.75, 3.05) is 0 Å². The van der Waals surface area contributed by atoms with Gasteiger partial charge in [-0.1, -0.05) is 27.2 Å². The Morgan fingerprint density at radius 2 is 1.54 bits per heavy atom. The highest BCUT2D eigenvalue weighted by molar-refractivity contribution is 4.95. The van der Waals surface area contributed by atoms with Gasteiger partial charge in [-0.05, 0) is 32.4 Å². The zero-order chi connectivity index (χ0) is 10.3. The lowest BCUT2D eigenvalue weighted by Crippen LogP contribution is -2.24. The minimum absolute atomic E-state index is 0.290. The molecule has 0 saturated heterocycles. The zero-order valence-electron chi connectivity index (χ0n) is 9.67. The van der Waals surface area contributed by atoms with Crippen molar-refractivity contribution in [2.45, 2.75) is 53.0 Å². The van der Waals surface area contributed by atoms with E-state index in [1.165, 1.54) is 12.8 Å². The van der Waals surface area contributed by atoms with E-state index in [9.17, 15) is 0 Å². The monoisotopic (exact) mass is 181 g/mol. The van der Waals surface area contributed by atoms with Gasteiger partial charge in [0.15, 0.2) is 0 Å². The van der Waals surface area contributed by atoms with Gasteiger partial charge in [-0.15, -0.1) is 0 Å². The van der Waals surface area contributed by atoms with Crippen LogP contribution in [0.2, 0.25) is 0 Å². The van der Waals surface area contributed by atoms with Gasteiger partial charge in [0, 0.05) is 17.9 Å². The molecule has 0 unspecified atom stereocenters. The minimum Gasteiger partial charge on any atom is -0.349 e. The lowest BCUT2D eigenvalue weighted by molar-refractivity contribution is 0.325. The second-order valence-corrected chi connectivity index (χ2v) is 3.65. The first-order valence-corrected chi connectivity index (χ1v) is 5.30. The molecule has 0 aliphatic carbocycles. The molecule has 0 aliphatic rings. The summed E-state index contributed by atoms with van der Waals surface area (Å²) in [7, 11) is 0. The first-order valence-electron chi connectivity index (χ1n) is 5.30. The van der Waals surface area contributed by atoms with Crippen LogP contribution in [-0.4, -0.2) is 4.57 Å². The number of rotatable bonds is 3. The van der Waals surface area contributed by atoms with Crippen molar-refractivity contribution in [2.24, 2.45) is 0 Å². The third-order valence-electron chi connectivity index (χ3n) is 2.17. The maximum Gasteiger partial charge on any atom is 0.0383 e. The summed E-state index contributed by atoms with van der Waals surface area (Å²) in [6.45, 7) is 10.8. The number of hydrogen-bond acceptors (Lipinski definition) is 0. The van der Waals surface area contributed by atoms with Crippen LogP contribution in [0, 0.1) is 0 Å². The number of hydrogen-bond donors (Lipinski definition) is 0. The summed E-state index contributed by atoms with van der Waals surface area (Å²) < 4.78 is 2.27.